The highest BCUT2D eigenvalue weighted by molar-refractivity contribution is 5.97. The van der Waals surface area contributed by atoms with Crippen molar-refractivity contribution in [2.24, 2.45) is 5.73 Å². The molecule has 106 valence electrons. The number of benzene rings is 1. The Morgan fingerprint density at radius 2 is 2.05 bits per heavy atom. The van der Waals surface area contributed by atoms with Crippen molar-refractivity contribution in [3.63, 3.8) is 0 Å². The van der Waals surface area contributed by atoms with Gasteiger partial charge in [0.2, 0.25) is 5.91 Å². The highest BCUT2D eigenvalue weighted by Crippen LogP contribution is 2.16. The fourth-order valence-electron chi connectivity index (χ4n) is 1.32. The van der Waals surface area contributed by atoms with E-state index in [1.54, 1.807) is 6.92 Å². The molecule has 1 atom stereocenters. The maximum Gasteiger partial charge on any atom is 0.251 e. The number of carbonyl (C=O) groups is 2. The number of hydrogen-bond acceptors (Lipinski definition) is 3. The van der Waals surface area contributed by atoms with Gasteiger partial charge in [0.25, 0.3) is 5.91 Å². The number of halogens is 2. The van der Waals surface area contributed by atoms with Crippen molar-refractivity contribution in [2.75, 3.05) is 11.9 Å². The molecule has 1 aromatic rings. The van der Waals surface area contributed by atoms with Crippen LogP contribution in [-0.2, 0) is 4.79 Å². The van der Waals surface area contributed by atoms with Crippen LogP contribution in [0.5, 0.6) is 0 Å². The summed E-state index contributed by atoms with van der Waals surface area (Å²) in [5, 5.41) is 4.96. The minimum absolute atomic E-state index is 0. The first kappa shape index (κ1) is 17.3. The van der Waals surface area contributed by atoms with Gasteiger partial charge in [0.15, 0.2) is 0 Å². The average molecular weight is 290 g/mol. The Morgan fingerprint density at radius 3 is 2.58 bits per heavy atom. The van der Waals surface area contributed by atoms with Crippen molar-refractivity contribution < 1.29 is 14.0 Å². The molecule has 0 aliphatic rings. The summed E-state index contributed by atoms with van der Waals surface area (Å²) < 4.78 is 13.4. The molecule has 2 amide bonds. The number of rotatable bonds is 4. The van der Waals surface area contributed by atoms with Crippen LogP contribution in [0.4, 0.5) is 10.1 Å². The van der Waals surface area contributed by atoms with Crippen LogP contribution < -0.4 is 16.4 Å². The molecule has 0 heterocycles. The summed E-state index contributed by atoms with van der Waals surface area (Å²) >= 11 is 0. The van der Waals surface area contributed by atoms with Crippen LogP contribution in [0.25, 0.3) is 0 Å². The minimum atomic E-state index is -0.589. The summed E-state index contributed by atoms with van der Waals surface area (Å²) in [4.78, 5) is 22.6. The van der Waals surface area contributed by atoms with Gasteiger partial charge in [-0.1, -0.05) is 0 Å². The number of nitrogens with one attached hydrogen (secondary N) is 2. The van der Waals surface area contributed by atoms with Crippen molar-refractivity contribution in [2.45, 2.75) is 19.9 Å². The quantitative estimate of drug-likeness (QED) is 0.781. The monoisotopic (exact) mass is 289 g/mol. The lowest BCUT2D eigenvalue weighted by Crippen LogP contribution is -2.37. The van der Waals surface area contributed by atoms with E-state index >= 15 is 0 Å². The molecule has 4 N–H and O–H groups in total. The second-order valence-electron chi connectivity index (χ2n) is 3.99. The maximum absolute atomic E-state index is 13.4. The number of amides is 2. The average Bonchev–Trinajstić information content (AvgIpc) is 2.31. The molecule has 0 aromatic heterocycles. The number of nitrogens with two attached hydrogens (primary N) is 1. The third-order valence-electron chi connectivity index (χ3n) is 2.27. The van der Waals surface area contributed by atoms with Gasteiger partial charge in [-0.2, -0.15) is 0 Å². The Morgan fingerprint density at radius 1 is 1.42 bits per heavy atom. The van der Waals surface area contributed by atoms with E-state index in [0.717, 1.165) is 6.07 Å². The van der Waals surface area contributed by atoms with Gasteiger partial charge < -0.3 is 16.4 Å². The fourth-order valence-corrected chi connectivity index (χ4v) is 1.32. The Bertz CT molecular complexity index is 468. The zero-order chi connectivity index (χ0) is 13.7. The molecule has 0 fully saturated rings. The minimum Gasteiger partial charge on any atom is -0.348 e. The molecule has 1 aromatic carbocycles. The summed E-state index contributed by atoms with van der Waals surface area (Å²) in [7, 11) is 0. The van der Waals surface area contributed by atoms with Crippen LogP contribution in [0.1, 0.15) is 24.2 Å². The molecule has 0 spiro atoms. The zero-order valence-electron chi connectivity index (χ0n) is 10.7. The van der Waals surface area contributed by atoms with Gasteiger partial charge in [-0.3, -0.25) is 9.59 Å². The molecule has 0 unspecified atom stereocenters. The molecule has 0 saturated heterocycles. The summed E-state index contributed by atoms with van der Waals surface area (Å²) in [6.45, 7) is 3.34. The highest BCUT2D eigenvalue weighted by atomic mass is 35.5. The number of carbonyl (C=O) groups excluding carboxylic acids is 2. The first-order chi connectivity index (χ1) is 8.43. The van der Waals surface area contributed by atoms with Gasteiger partial charge in [0.05, 0.1) is 5.69 Å². The lowest BCUT2D eigenvalue weighted by molar-refractivity contribution is -0.114. The molecule has 7 heteroatoms. The summed E-state index contributed by atoms with van der Waals surface area (Å²) in [5.41, 5.74) is 5.63. The molecule has 0 radical (unpaired) electrons. The van der Waals surface area contributed by atoms with E-state index < -0.39 is 11.7 Å². The first-order valence-electron chi connectivity index (χ1n) is 5.52. The molecule has 0 aliphatic heterocycles. The summed E-state index contributed by atoms with van der Waals surface area (Å²) in [6.07, 6.45) is 0. The maximum atomic E-state index is 13.4. The van der Waals surface area contributed by atoms with Crippen LogP contribution in [0, 0.1) is 5.82 Å². The molecule has 1 rings (SSSR count). The fraction of sp³-hybridized carbons (Fsp3) is 0.333. The second kappa shape index (κ2) is 7.70. The van der Waals surface area contributed by atoms with Crippen molar-refractivity contribution in [3.8, 4) is 0 Å². The first-order valence-corrected chi connectivity index (χ1v) is 5.52. The van der Waals surface area contributed by atoms with E-state index in [9.17, 15) is 14.0 Å². The van der Waals surface area contributed by atoms with Crippen molar-refractivity contribution in [1.82, 2.24) is 5.32 Å². The highest BCUT2D eigenvalue weighted by Gasteiger charge is 2.12. The lowest BCUT2D eigenvalue weighted by atomic mass is 10.1. The Kier molecular flexibility index (Phi) is 7.03. The smallest absolute Gasteiger partial charge is 0.251 e. The molecule has 19 heavy (non-hydrogen) atoms. The molecule has 5 nitrogen and oxygen atoms in total. The molecular formula is C12H17ClFN3O2. The van der Waals surface area contributed by atoms with E-state index in [1.807, 2.05) is 0 Å². The van der Waals surface area contributed by atoms with Gasteiger partial charge in [0.1, 0.15) is 5.82 Å². The van der Waals surface area contributed by atoms with Crippen LogP contribution in [0.2, 0.25) is 0 Å². The van der Waals surface area contributed by atoms with Crippen LogP contribution >= 0.6 is 12.4 Å². The van der Waals surface area contributed by atoms with E-state index in [4.69, 9.17) is 5.73 Å². The van der Waals surface area contributed by atoms with Crippen LogP contribution in [0.3, 0.4) is 0 Å². The molecular weight excluding hydrogens is 273 g/mol. The van der Waals surface area contributed by atoms with Crippen molar-refractivity contribution in [1.29, 1.82) is 0 Å². The SMILES string of the molecule is CC(=O)Nc1cc(C(=O)N[C@@H](C)CN)ccc1F.Cl. The predicted octanol–water partition coefficient (Wildman–Crippen LogP) is 1.28. The third kappa shape index (κ3) is 5.23. The van der Waals surface area contributed by atoms with Gasteiger partial charge in [-0.05, 0) is 25.1 Å². The normalized spacial score (nSPS) is 11.2. The van der Waals surface area contributed by atoms with Crippen molar-refractivity contribution >= 4 is 29.9 Å². The van der Waals surface area contributed by atoms with Gasteiger partial charge in [0, 0.05) is 25.1 Å². The molecule has 0 aliphatic carbocycles. The third-order valence-corrected chi connectivity index (χ3v) is 2.27. The van der Waals surface area contributed by atoms with Crippen molar-refractivity contribution in [3.05, 3.63) is 29.6 Å². The standard InChI is InChI=1S/C12H16FN3O2.ClH/c1-7(6-14)15-12(18)9-3-4-10(13)11(5-9)16-8(2)17;/h3-5,7H,6,14H2,1-2H3,(H,15,18)(H,16,17);1H/t7-;/m0./s1. The number of hydrogen-bond donors (Lipinski definition) is 3. The van der Waals surface area contributed by atoms with E-state index in [-0.39, 0.29) is 35.6 Å². The van der Waals surface area contributed by atoms with Gasteiger partial charge >= 0.3 is 0 Å². The molecule has 0 bridgehead atoms. The number of anilines is 1. The summed E-state index contributed by atoms with van der Waals surface area (Å²) in [5.74, 6) is -1.35. The van der Waals surface area contributed by atoms with Gasteiger partial charge in [-0.25, -0.2) is 4.39 Å². The zero-order valence-corrected chi connectivity index (χ0v) is 11.5. The van der Waals surface area contributed by atoms with E-state index in [2.05, 4.69) is 10.6 Å². The Balaban J connectivity index is 0.00000324. The van der Waals surface area contributed by atoms with Crippen LogP contribution in [0.15, 0.2) is 18.2 Å². The Labute approximate surface area is 117 Å². The largest absolute Gasteiger partial charge is 0.348 e. The Hall–Kier alpha value is -1.66. The summed E-state index contributed by atoms with van der Waals surface area (Å²) in [6, 6.07) is 3.59. The predicted molar refractivity (Wildman–Crippen MR) is 73.9 cm³/mol. The van der Waals surface area contributed by atoms with Crippen LogP contribution in [-0.4, -0.2) is 24.4 Å². The van der Waals surface area contributed by atoms with E-state index in [1.165, 1.54) is 19.1 Å². The topological polar surface area (TPSA) is 84.2 Å². The lowest BCUT2D eigenvalue weighted by Gasteiger charge is -2.12. The van der Waals surface area contributed by atoms with Gasteiger partial charge in [-0.15, -0.1) is 12.4 Å². The second-order valence-corrected chi connectivity index (χ2v) is 3.99. The molecule has 0 saturated carbocycles. The van der Waals surface area contributed by atoms with E-state index in [0.29, 0.717) is 6.54 Å².